The highest BCUT2D eigenvalue weighted by Gasteiger charge is 2.33. The van der Waals surface area contributed by atoms with E-state index in [0.717, 1.165) is 6.07 Å². The van der Waals surface area contributed by atoms with Gasteiger partial charge in [0.25, 0.3) is 0 Å². The molecule has 8 heteroatoms. The second-order valence-corrected chi connectivity index (χ2v) is 5.91. The van der Waals surface area contributed by atoms with Crippen molar-refractivity contribution in [2.24, 2.45) is 0 Å². The fourth-order valence-corrected chi connectivity index (χ4v) is 2.76. The van der Waals surface area contributed by atoms with E-state index in [-0.39, 0.29) is 17.3 Å². The van der Waals surface area contributed by atoms with E-state index in [1.165, 1.54) is 25.3 Å². The first-order valence-electron chi connectivity index (χ1n) is 7.49. The highest BCUT2D eigenvalue weighted by molar-refractivity contribution is 6.31. The monoisotopic (exact) mass is 383 g/mol. The van der Waals surface area contributed by atoms with Crippen molar-refractivity contribution in [2.75, 3.05) is 12.4 Å². The summed E-state index contributed by atoms with van der Waals surface area (Å²) in [4.78, 5) is 11.7. The summed E-state index contributed by atoms with van der Waals surface area (Å²) in [5, 5.41) is 3.16. The van der Waals surface area contributed by atoms with Gasteiger partial charge in [-0.05, 0) is 35.9 Å². The maximum absolute atomic E-state index is 12.9. The van der Waals surface area contributed by atoms with E-state index in [1.54, 1.807) is 18.2 Å². The van der Waals surface area contributed by atoms with E-state index < -0.39 is 17.4 Å². The molecule has 0 aliphatic carbocycles. The Bertz CT molecular complexity index is 1010. The molecule has 3 aromatic rings. The highest BCUT2D eigenvalue weighted by Crippen LogP contribution is 2.36. The molecule has 0 fully saturated rings. The van der Waals surface area contributed by atoms with Crippen LogP contribution in [0.1, 0.15) is 11.1 Å². The van der Waals surface area contributed by atoms with E-state index in [2.05, 4.69) is 5.32 Å². The van der Waals surface area contributed by atoms with Crippen molar-refractivity contribution in [3.63, 3.8) is 0 Å². The van der Waals surface area contributed by atoms with Gasteiger partial charge in [-0.25, -0.2) is 4.79 Å². The maximum Gasteiger partial charge on any atom is 0.417 e. The van der Waals surface area contributed by atoms with Crippen LogP contribution in [0.15, 0.2) is 51.7 Å². The van der Waals surface area contributed by atoms with Gasteiger partial charge < -0.3 is 14.5 Å². The zero-order chi connectivity index (χ0) is 18.9. The summed E-state index contributed by atoms with van der Waals surface area (Å²) in [5.41, 5.74) is -0.333. The molecule has 4 nitrogen and oxygen atoms in total. The van der Waals surface area contributed by atoms with Crippen molar-refractivity contribution >= 4 is 28.3 Å². The van der Waals surface area contributed by atoms with Crippen LogP contribution < -0.4 is 15.7 Å². The third-order valence-electron chi connectivity index (χ3n) is 3.79. The molecule has 0 saturated heterocycles. The molecule has 26 heavy (non-hydrogen) atoms. The van der Waals surface area contributed by atoms with Gasteiger partial charge in [-0.3, -0.25) is 0 Å². The fourth-order valence-electron chi connectivity index (χ4n) is 2.53. The Morgan fingerprint density at radius 3 is 2.62 bits per heavy atom. The topological polar surface area (TPSA) is 51.5 Å². The first-order valence-corrected chi connectivity index (χ1v) is 7.87. The Hall–Kier alpha value is -2.67. The molecular weight excluding hydrogens is 371 g/mol. The van der Waals surface area contributed by atoms with E-state index >= 15 is 0 Å². The van der Waals surface area contributed by atoms with Gasteiger partial charge in [0.05, 0.1) is 17.7 Å². The Balaban J connectivity index is 1.92. The molecule has 3 rings (SSSR count). The van der Waals surface area contributed by atoms with Crippen LogP contribution in [0.2, 0.25) is 5.02 Å². The van der Waals surface area contributed by atoms with Gasteiger partial charge in [-0.2, -0.15) is 13.2 Å². The molecule has 0 radical (unpaired) electrons. The Morgan fingerprint density at radius 2 is 1.92 bits per heavy atom. The molecule has 0 aliphatic rings. The van der Waals surface area contributed by atoms with Crippen LogP contribution in [0.25, 0.3) is 11.0 Å². The fraction of sp³-hybridized carbons (Fsp3) is 0.167. The quantitative estimate of drug-likeness (QED) is 0.638. The van der Waals surface area contributed by atoms with Gasteiger partial charge in [0.1, 0.15) is 11.3 Å². The van der Waals surface area contributed by atoms with Crippen LogP contribution in [-0.2, 0) is 12.7 Å². The minimum atomic E-state index is -4.55. The molecule has 136 valence electrons. The van der Waals surface area contributed by atoms with Crippen LogP contribution in [0.3, 0.4) is 0 Å². The number of hydrogen-bond donors (Lipinski definition) is 1. The molecule has 0 bridgehead atoms. The van der Waals surface area contributed by atoms with Crippen LogP contribution in [0, 0.1) is 0 Å². The zero-order valence-electron chi connectivity index (χ0n) is 13.5. The normalized spacial score (nSPS) is 11.6. The van der Waals surface area contributed by atoms with Crippen molar-refractivity contribution in [1.82, 2.24) is 0 Å². The van der Waals surface area contributed by atoms with E-state index in [4.69, 9.17) is 20.8 Å². The minimum Gasteiger partial charge on any atom is -0.497 e. The molecule has 1 N–H and O–H groups in total. The lowest BCUT2D eigenvalue weighted by Gasteiger charge is -2.13. The Morgan fingerprint density at radius 1 is 1.15 bits per heavy atom. The van der Waals surface area contributed by atoms with Gasteiger partial charge in [0.2, 0.25) is 0 Å². The summed E-state index contributed by atoms with van der Waals surface area (Å²) in [5.74, 6) is 0.526. The van der Waals surface area contributed by atoms with Crippen molar-refractivity contribution in [3.8, 4) is 5.75 Å². The van der Waals surface area contributed by atoms with Crippen LogP contribution >= 0.6 is 11.6 Å². The Labute approximate surface area is 151 Å². The molecule has 0 amide bonds. The third-order valence-corrected chi connectivity index (χ3v) is 4.12. The summed E-state index contributed by atoms with van der Waals surface area (Å²) < 4.78 is 49.1. The lowest BCUT2D eigenvalue weighted by atomic mass is 10.1. The standard InChI is InChI=1S/C18H13ClF3NO3/c1-25-12-3-4-13-10(6-17(24)26-16(13)8-12)9-23-11-2-5-15(19)14(7-11)18(20,21)22/h2-8,23H,9H2,1H3. The third kappa shape index (κ3) is 3.77. The van der Waals surface area contributed by atoms with E-state index in [9.17, 15) is 18.0 Å². The molecule has 0 aliphatic heterocycles. The molecule has 0 spiro atoms. The number of ether oxygens (including phenoxy) is 1. The highest BCUT2D eigenvalue weighted by atomic mass is 35.5. The molecule has 1 aromatic heterocycles. The van der Waals surface area contributed by atoms with Crippen molar-refractivity contribution in [1.29, 1.82) is 0 Å². The van der Waals surface area contributed by atoms with Gasteiger partial charge in [0.15, 0.2) is 0 Å². The predicted octanol–water partition coefficient (Wildman–Crippen LogP) is 5.09. The molecule has 0 atom stereocenters. The SMILES string of the molecule is COc1ccc2c(CNc3ccc(Cl)c(C(F)(F)F)c3)cc(=O)oc2c1. The summed E-state index contributed by atoms with van der Waals surface area (Å²) in [6, 6.07) is 9.84. The Kier molecular flexibility index (Phi) is 4.82. The lowest BCUT2D eigenvalue weighted by Crippen LogP contribution is -2.09. The number of halogens is 4. The van der Waals surface area contributed by atoms with Gasteiger partial charge in [-0.15, -0.1) is 0 Å². The second kappa shape index (κ2) is 6.92. The largest absolute Gasteiger partial charge is 0.497 e. The number of methoxy groups -OCH3 is 1. The number of hydrogen-bond acceptors (Lipinski definition) is 4. The second-order valence-electron chi connectivity index (χ2n) is 5.50. The molecule has 0 unspecified atom stereocenters. The molecular formula is C18H13ClF3NO3. The van der Waals surface area contributed by atoms with Gasteiger partial charge in [0, 0.05) is 29.8 Å². The van der Waals surface area contributed by atoms with Gasteiger partial charge in [-0.1, -0.05) is 11.6 Å². The van der Waals surface area contributed by atoms with Crippen LogP contribution in [0.5, 0.6) is 5.75 Å². The van der Waals surface area contributed by atoms with Crippen molar-refractivity contribution in [2.45, 2.75) is 12.7 Å². The average molecular weight is 384 g/mol. The smallest absolute Gasteiger partial charge is 0.417 e. The number of benzene rings is 2. The first kappa shape index (κ1) is 18.1. The number of alkyl halides is 3. The predicted molar refractivity (Wildman–Crippen MR) is 92.8 cm³/mol. The number of fused-ring (bicyclic) bond motifs is 1. The lowest BCUT2D eigenvalue weighted by molar-refractivity contribution is -0.137. The van der Waals surface area contributed by atoms with E-state index in [1.807, 2.05) is 0 Å². The summed E-state index contributed by atoms with van der Waals surface area (Å²) in [6.45, 7) is 0.132. The summed E-state index contributed by atoms with van der Waals surface area (Å²) in [7, 11) is 1.49. The molecule has 0 saturated carbocycles. The van der Waals surface area contributed by atoms with Crippen LogP contribution in [0.4, 0.5) is 18.9 Å². The van der Waals surface area contributed by atoms with Crippen molar-refractivity contribution in [3.05, 3.63) is 69.0 Å². The number of nitrogens with one attached hydrogen (secondary N) is 1. The average Bonchev–Trinajstić information content (AvgIpc) is 2.59. The summed E-state index contributed by atoms with van der Waals surface area (Å²) >= 11 is 5.61. The van der Waals surface area contributed by atoms with Gasteiger partial charge >= 0.3 is 11.8 Å². The number of rotatable bonds is 4. The molecule has 1 heterocycles. The van der Waals surface area contributed by atoms with Crippen molar-refractivity contribution < 1.29 is 22.3 Å². The molecule has 2 aromatic carbocycles. The summed E-state index contributed by atoms with van der Waals surface area (Å²) in [6.07, 6.45) is -4.55. The zero-order valence-corrected chi connectivity index (χ0v) is 14.2. The minimum absolute atomic E-state index is 0.132. The van der Waals surface area contributed by atoms with E-state index in [0.29, 0.717) is 22.3 Å². The first-order chi connectivity index (χ1) is 12.3. The number of anilines is 1. The van der Waals surface area contributed by atoms with Crippen LogP contribution in [-0.4, -0.2) is 7.11 Å². The maximum atomic E-state index is 12.9.